The molecule has 0 saturated carbocycles. The van der Waals surface area contributed by atoms with Gasteiger partial charge in [0, 0.05) is 28.6 Å². The van der Waals surface area contributed by atoms with E-state index in [1.165, 1.54) is 0 Å². The second kappa shape index (κ2) is 5.95. The van der Waals surface area contributed by atoms with E-state index >= 15 is 0 Å². The lowest BCUT2D eigenvalue weighted by atomic mass is 10.1. The average molecular weight is 328 g/mol. The summed E-state index contributed by atoms with van der Waals surface area (Å²) < 4.78 is 8.23. The highest BCUT2D eigenvalue weighted by atomic mass is 16.3. The van der Waals surface area contributed by atoms with Gasteiger partial charge in [0.25, 0.3) is 0 Å². The van der Waals surface area contributed by atoms with Gasteiger partial charge in [-0.2, -0.15) is 0 Å². The average Bonchev–Trinajstić information content (AvgIpc) is 2.64. The number of hydrogen-bond acceptors (Lipinski definition) is 3. The number of aromatic nitrogens is 1. The molecule has 1 N–H and O–H groups in total. The summed E-state index contributed by atoms with van der Waals surface area (Å²) in [6, 6.07) is 16.2. The largest absolute Gasteiger partial charge is 0.452 e. The Bertz CT molecular complexity index is 1180. The number of rotatable bonds is 2. The summed E-state index contributed by atoms with van der Waals surface area (Å²) in [5, 5.41) is 6.47. The van der Waals surface area contributed by atoms with Gasteiger partial charge in [0.15, 0.2) is 11.3 Å². The van der Waals surface area contributed by atoms with Crippen LogP contribution in [0.25, 0.3) is 33.3 Å². The molecule has 2 aromatic carbocycles. The topological polar surface area (TPSA) is 41.1 Å². The van der Waals surface area contributed by atoms with Crippen LogP contribution in [0.4, 0.5) is 5.69 Å². The first-order valence-electron chi connectivity index (χ1n) is 8.11. The summed E-state index contributed by atoms with van der Waals surface area (Å²) in [5.74, 6) is 3.38. The standard InChI is InChI=1S/C21H17N3O/c1-4-11-22-18-13-20-21(16-8-6-5-7-15(16)18)23-17-10-9-14(24(2)3)12-19(17)25-20/h1,5-10,12-13H,11H2,2-3H3/p+1. The quantitative estimate of drug-likeness (QED) is 0.266. The van der Waals surface area contributed by atoms with Gasteiger partial charge in [-0.15, -0.1) is 6.42 Å². The Morgan fingerprint density at radius 3 is 2.68 bits per heavy atom. The fourth-order valence-electron chi connectivity index (χ4n) is 3.01. The summed E-state index contributed by atoms with van der Waals surface area (Å²) in [6.07, 6.45) is 5.40. The lowest BCUT2D eigenvalue weighted by molar-refractivity contribution is 0.611. The van der Waals surface area contributed by atoms with Crippen LogP contribution in [0.2, 0.25) is 0 Å². The minimum absolute atomic E-state index is 0.460. The van der Waals surface area contributed by atoms with Gasteiger partial charge < -0.3 is 9.73 Å². The third-order valence-corrected chi connectivity index (χ3v) is 4.27. The molecule has 25 heavy (non-hydrogen) atoms. The summed E-state index contributed by atoms with van der Waals surface area (Å²) in [6.45, 7) is 0.460. The molecule has 0 aromatic heterocycles. The second-order valence-corrected chi connectivity index (χ2v) is 6.13. The van der Waals surface area contributed by atoms with Gasteiger partial charge >= 0.3 is 0 Å². The van der Waals surface area contributed by atoms with Crippen molar-refractivity contribution >= 4 is 27.6 Å². The number of fused-ring (bicyclic) bond motifs is 4. The fraction of sp³-hybridized carbons (Fsp3) is 0.143. The Labute approximate surface area is 145 Å². The van der Waals surface area contributed by atoms with Gasteiger partial charge in [0.05, 0.1) is 12.6 Å². The highest BCUT2D eigenvalue weighted by Crippen LogP contribution is 2.33. The van der Waals surface area contributed by atoms with E-state index in [9.17, 15) is 0 Å². The molecule has 0 amide bonds. The second-order valence-electron chi connectivity index (χ2n) is 6.13. The van der Waals surface area contributed by atoms with Gasteiger partial charge in [-0.25, -0.2) is 9.56 Å². The third kappa shape index (κ3) is 2.60. The van der Waals surface area contributed by atoms with Crippen LogP contribution in [0.1, 0.15) is 0 Å². The van der Waals surface area contributed by atoms with Crippen molar-refractivity contribution in [1.82, 2.24) is 9.56 Å². The van der Waals surface area contributed by atoms with Crippen LogP contribution in [-0.4, -0.2) is 25.6 Å². The predicted octanol–water partition coefficient (Wildman–Crippen LogP) is 3.16. The molecule has 0 saturated heterocycles. The zero-order chi connectivity index (χ0) is 17.4. The molecule has 4 rings (SSSR count). The van der Waals surface area contributed by atoms with E-state index in [0.29, 0.717) is 6.54 Å². The van der Waals surface area contributed by atoms with Crippen LogP contribution >= 0.6 is 0 Å². The van der Waals surface area contributed by atoms with Crippen LogP contribution < -0.4 is 15.2 Å². The number of anilines is 1. The zero-order valence-electron chi connectivity index (χ0n) is 14.2. The van der Waals surface area contributed by atoms with Crippen molar-refractivity contribution in [3.8, 4) is 23.8 Å². The molecule has 122 valence electrons. The van der Waals surface area contributed by atoms with Crippen LogP contribution in [0.3, 0.4) is 0 Å². The van der Waals surface area contributed by atoms with Gasteiger partial charge in [-0.3, -0.25) is 0 Å². The van der Waals surface area contributed by atoms with Crippen molar-refractivity contribution in [3.05, 3.63) is 53.9 Å². The van der Waals surface area contributed by atoms with E-state index in [1.807, 2.05) is 55.1 Å². The minimum Gasteiger partial charge on any atom is -0.452 e. The molecule has 2 aliphatic rings. The van der Waals surface area contributed by atoms with Crippen LogP contribution in [0, 0.1) is 12.3 Å². The molecular weight excluding hydrogens is 310 g/mol. The molecule has 1 aliphatic carbocycles. The Kier molecular flexibility index (Phi) is 3.62. The number of nitrogens with one attached hydrogen (secondary N) is 1. The first kappa shape index (κ1) is 15.2. The van der Waals surface area contributed by atoms with Crippen LogP contribution in [-0.2, 0) is 0 Å². The fourth-order valence-corrected chi connectivity index (χ4v) is 3.01. The smallest absolute Gasteiger partial charge is 0.203 e. The maximum absolute atomic E-state index is 6.18. The number of terminal acetylenes is 1. The van der Waals surface area contributed by atoms with E-state index in [2.05, 4.69) is 23.4 Å². The number of nitrogens with zero attached hydrogens (tertiary/aromatic N) is 2. The molecule has 2 aromatic rings. The van der Waals surface area contributed by atoms with Gasteiger partial charge in [-0.1, -0.05) is 30.2 Å². The lowest BCUT2D eigenvalue weighted by Crippen LogP contribution is -2.21. The number of benzene rings is 3. The summed E-state index contributed by atoms with van der Waals surface area (Å²) >= 11 is 0. The predicted molar refractivity (Wildman–Crippen MR) is 103 cm³/mol. The normalized spacial score (nSPS) is 10.9. The van der Waals surface area contributed by atoms with Crippen molar-refractivity contribution in [1.29, 1.82) is 0 Å². The number of hydrogen-bond donors (Lipinski definition) is 1. The molecule has 4 heteroatoms. The van der Waals surface area contributed by atoms with E-state index in [4.69, 9.17) is 15.8 Å². The van der Waals surface area contributed by atoms with E-state index in [1.54, 1.807) is 0 Å². The summed E-state index contributed by atoms with van der Waals surface area (Å²) in [5.41, 5.74) is 3.39. The maximum atomic E-state index is 6.18. The molecule has 0 radical (unpaired) electrons. The third-order valence-electron chi connectivity index (χ3n) is 4.27. The highest BCUT2D eigenvalue weighted by Gasteiger charge is 2.14. The minimum atomic E-state index is 0.460. The summed E-state index contributed by atoms with van der Waals surface area (Å²) in [4.78, 5) is 4.85. The Morgan fingerprint density at radius 1 is 1.12 bits per heavy atom. The van der Waals surface area contributed by atoms with Crippen molar-refractivity contribution in [2.24, 2.45) is 0 Å². The molecule has 0 atom stereocenters. The lowest BCUT2D eigenvalue weighted by Gasteiger charge is -2.12. The molecule has 1 aliphatic heterocycles. The van der Waals surface area contributed by atoms with E-state index in [-0.39, 0.29) is 0 Å². The Balaban J connectivity index is 2.09. The van der Waals surface area contributed by atoms with Crippen molar-refractivity contribution in [2.45, 2.75) is 0 Å². The molecule has 4 nitrogen and oxygen atoms in total. The van der Waals surface area contributed by atoms with Crippen molar-refractivity contribution < 1.29 is 4.42 Å². The Morgan fingerprint density at radius 2 is 1.92 bits per heavy atom. The molecule has 0 unspecified atom stereocenters. The van der Waals surface area contributed by atoms with Gasteiger partial charge in [0.1, 0.15) is 25.3 Å². The SMILES string of the molecule is C#CCNc1cc2oc3cc(=[N+](C)C)ccc-3nc2c2ccccc12. The Hall–Kier alpha value is -3.32. The molecular formula is C21H18N3O+. The first-order chi connectivity index (χ1) is 12.2. The zero-order valence-corrected chi connectivity index (χ0v) is 14.2. The van der Waals surface area contributed by atoms with Crippen molar-refractivity contribution in [2.75, 3.05) is 26.0 Å². The van der Waals surface area contributed by atoms with Crippen LogP contribution in [0.15, 0.2) is 52.9 Å². The first-order valence-corrected chi connectivity index (χ1v) is 8.11. The van der Waals surface area contributed by atoms with E-state index in [0.717, 1.165) is 44.4 Å². The molecule has 0 spiro atoms. The molecule has 1 heterocycles. The van der Waals surface area contributed by atoms with Crippen molar-refractivity contribution in [3.63, 3.8) is 0 Å². The monoisotopic (exact) mass is 328 g/mol. The molecule has 0 bridgehead atoms. The molecule has 0 fully saturated rings. The maximum Gasteiger partial charge on any atom is 0.203 e. The highest BCUT2D eigenvalue weighted by molar-refractivity contribution is 6.10. The van der Waals surface area contributed by atoms with E-state index < -0.39 is 0 Å². The van der Waals surface area contributed by atoms with Gasteiger partial charge in [0.2, 0.25) is 5.36 Å². The van der Waals surface area contributed by atoms with Crippen LogP contribution in [0.5, 0.6) is 0 Å². The summed E-state index contributed by atoms with van der Waals surface area (Å²) in [7, 11) is 4.01. The van der Waals surface area contributed by atoms with Gasteiger partial charge in [-0.05, 0) is 6.07 Å².